The zero-order valence-corrected chi connectivity index (χ0v) is 10.4. The summed E-state index contributed by atoms with van der Waals surface area (Å²) in [6.07, 6.45) is 0. The number of rotatable bonds is 3. The van der Waals surface area contributed by atoms with E-state index in [1.54, 1.807) is 0 Å². The maximum absolute atomic E-state index is 6.32. The van der Waals surface area contributed by atoms with Crippen LogP contribution in [0.2, 0.25) is 0 Å². The van der Waals surface area contributed by atoms with Crippen LogP contribution in [0.5, 0.6) is 0 Å². The van der Waals surface area contributed by atoms with Crippen molar-refractivity contribution in [2.75, 3.05) is 0 Å². The fourth-order valence-electron chi connectivity index (χ4n) is 2.04. The van der Waals surface area contributed by atoms with E-state index in [4.69, 9.17) is 5.73 Å². The lowest BCUT2D eigenvalue weighted by Crippen LogP contribution is -2.17. The summed E-state index contributed by atoms with van der Waals surface area (Å²) >= 11 is 0. The van der Waals surface area contributed by atoms with E-state index in [-0.39, 0.29) is 6.04 Å². The Morgan fingerprint density at radius 3 is 2.00 bits per heavy atom. The maximum atomic E-state index is 6.32. The lowest BCUT2D eigenvalue weighted by atomic mass is 9.89. The molecule has 0 bridgehead atoms. The molecule has 0 amide bonds. The zero-order chi connectivity index (χ0) is 12.3. The van der Waals surface area contributed by atoms with Gasteiger partial charge >= 0.3 is 0 Å². The highest BCUT2D eigenvalue weighted by Gasteiger charge is 2.16. The van der Waals surface area contributed by atoms with Gasteiger partial charge in [0, 0.05) is 12.0 Å². The van der Waals surface area contributed by atoms with Crippen molar-refractivity contribution >= 4 is 0 Å². The first-order valence-corrected chi connectivity index (χ1v) is 6.05. The predicted octanol–water partition coefficient (Wildman–Crippen LogP) is 3.80. The molecule has 0 saturated heterocycles. The van der Waals surface area contributed by atoms with Crippen molar-refractivity contribution < 1.29 is 0 Å². The molecule has 2 atom stereocenters. The van der Waals surface area contributed by atoms with E-state index in [1.807, 2.05) is 6.07 Å². The molecule has 0 spiro atoms. The van der Waals surface area contributed by atoms with Crippen molar-refractivity contribution in [2.45, 2.75) is 25.8 Å². The smallest absolute Gasteiger partial charge is 0.0361 e. The second kappa shape index (κ2) is 5.15. The van der Waals surface area contributed by atoms with E-state index in [2.05, 4.69) is 62.4 Å². The number of benzene rings is 2. The third-order valence-corrected chi connectivity index (χ3v) is 3.33. The van der Waals surface area contributed by atoms with Crippen LogP contribution in [0.4, 0.5) is 0 Å². The standard InChI is InChI=1S/C16H19N/c1-12-8-10-15(11-9-12)16(17)13(2)14-6-4-3-5-7-14/h3-11,13,16H,17H2,1-2H3. The first kappa shape index (κ1) is 11.9. The molecule has 0 aromatic heterocycles. The van der Waals surface area contributed by atoms with Crippen LogP contribution in [0.15, 0.2) is 54.6 Å². The Morgan fingerprint density at radius 2 is 1.41 bits per heavy atom. The van der Waals surface area contributed by atoms with Gasteiger partial charge in [0.2, 0.25) is 0 Å². The molecule has 88 valence electrons. The molecule has 2 aromatic carbocycles. The fraction of sp³-hybridized carbons (Fsp3) is 0.250. The molecule has 2 N–H and O–H groups in total. The summed E-state index contributed by atoms with van der Waals surface area (Å²) in [6.45, 7) is 4.27. The minimum Gasteiger partial charge on any atom is -0.323 e. The number of aryl methyl sites for hydroxylation is 1. The molecule has 1 nitrogen and oxygen atoms in total. The molecule has 2 unspecified atom stereocenters. The van der Waals surface area contributed by atoms with Crippen molar-refractivity contribution in [3.63, 3.8) is 0 Å². The summed E-state index contributed by atoms with van der Waals surface area (Å²) < 4.78 is 0. The molecule has 17 heavy (non-hydrogen) atoms. The summed E-state index contributed by atoms with van der Waals surface area (Å²) in [7, 11) is 0. The molecular formula is C16H19N. The van der Waals surface area contributed by atoms with Gasteiger partial charge in [0.15, 0.2) is 0 Å². The van der Waals surface area contributed by atoms with Crippen LogP contribution in [-0.2, 0) is 0 Å². The lowest BCUT2D eigenvalue weighted by molar-refractivity contribution is 0.598. The second-order valence-corrected chi connectivity index (χ2v) is 4.64. The molecular weight excluding hydrogens is 206 g/mol. The SMILES string of the molecule is Cc1ccc(C(N)C(C)c2ccccc2)cc1. The van der Waals surface area contributed by atoms with Gasteiger partial charge in [0.05, 0.1) is 0 Å². The van der Waals surface area contributed by atoms with Crippen molar-refractivity contribution in [1.29, 1.82) is 0 Å². The first-order valence-electron chi connectivity index (χ1n) is 6.05. The third kappa shape index (κ3) is 2.75. The Morgan fingerprint density at radius 1 is 0.824 bits per heavy atom. The van der Waals surface area contributed by atoms with Crippen molar-refractivity contribution in [3.8, 4) is 0 Å². The van der Waals surface area contributed by atoms with Crippen molar-refractivity contribution in [2.24, 2.45) is 5.73 Å². The van der Waals surface area contributed by atoms with E-state index in [0.29, 0.717) is 5.92 Å². The van der Waals surface area contributed by atoms with Crippen LogP contribution in [-0.4, -0.2) is 0 Å². The maximum Gasteiger partial charge on any atom is 0.0361 e. The van der Waals surface area contributed by atoms with Crippen LogP contribution < -0.4 is 5.73 Å². The normalized spacial score (nSPS) is 14.3. The van der Waals surface area contributed by atoms with Gasteiger partial charge in [-0.05, 0) is 18.1 Å². The van der Waals surface area contributed by atoms with Crippen molar-refractivity contribution in [3.05, 3.63) is 71.3 Å². The van der Waals surface area contributed by atoms with Crippen LogP contribution in [0, 0.1) is 6.92 Å². The van der Waals surface area contributed by atoms with Gasteiger partial charge in [-0.15, -0.1) is 0 Å². The van der Waals surface area contributed by atoms with Gasteiger partial charge in [0.25, 0.3) is 0 Å². The summed E-state index contributed by atoms with van der Waals surface area (Å²) in [5, 5.41) is 0. The second-order valence-electron chi connectivity index (χ2n) is 4.64. The van der Waals surface area contributed by atoms with Crippen molar-refractivity contribution in [1.82, 2.24) is 0 Å². The van der Waals surface area contributed by atoms with Gasteiger partial charge in [-0.2, -0.15) is 0 Å². The van der Waals surface area contributed by atoms with E-state index >= 15 is 0 Å². The summed E-state index contributed by atoms with van der Waals surface area (Å²) in [4.78, 5) is 0. The van der Waals surface area contributed by atoms with Crippen LogP contribution in [0.1, 0.15) is 35.6 Å². The summed E-state index contributed by atoms with van der Waals surface area (Å²) in [5.41, 5.74) is 10.1. The van der Waals surface area contributed by atoms with Crippen LogP contribution in [0.25, 0.3) is 0 Å². The van der Waals surface area contributed by atoms with E-state index < -0.39 is 0 Å². The number of hydrogen-bond acceptors (Lipinski definition) is 1. The molecule has 0 aliphatic rings. The summed E-state index contributed by atoms with van der Waals surface area (Å²) in [6, 6.07) is 19.0. The molecule has 0 radical (unpaired) electrons. The predicted molar refractivity (Wildman–Crippen MR) is 73.0 cm³/mol. The zero-order valence-electron chi connectivity index (χ0n) is 10.4. The highest BCUT2D eigenvalue weighted by molar-refractivity contribution is 5.29. The summed E-state index contributed by atoms with van der Waals surface area (Å²) in [5.74, 6) is 0.332. The Labute approximate surface area is 103 Å². The van der Waals surface area contributed by atoms with Crippen LogP contribution >= 0.6 is 0 Å². The van der Waals surface area contributed by atoms with Gasteiger partial charge in [-0.25, -0.2) is 0 Å². The number of nitrogens with two attached hydrogens (primary N) is 1. The first-order chi connectivity index (χ1) is 8.18. The minimum absolute atomic E-state index is 0.0537. The Kier molecular flexibility index (Phi) is 3.60. The van der Waals surface area contributed by atoms with Gasteiger partial charge in [-0.1, -0.05) is 67.1 Å². The molecule has 0 fully saturated rings. The molecule has 0 saturated carbocycles. The van der Waals surface area contributed by atoms with Gasteiger partial charge in [0.1, 0.15) is 0 Å². The van der Waals surface area contributed by atoms with Crippen LogP contribution in [0.3, 0.4) is 0 Å². The van der Waals surface area contributed by atoms with E-state index in [0.717, 1.165) is 0 Å². The molecule has 0 aliphatic heterocycles. The molecule has 0 heterocycles. The Hall–Kier alpha value is -1.60. The largest absolute Gasteiger partial charge is 0.323 e. The quantitative estimate of drug-likeness (QED) is 0.844. The Bertz CT molecular complexity index is 459. The highest BCUT2D eigenvalue weighted by Crippen LogP contribution is 2.28. The lowest BCUT2D eigenvalue weighted by Gasteiger charge is -2.20. The fourth-order valence-corrected chi connectivity index (χ4v) is 2.04. The van der Waals surface area contributed by atoms with Gasteiger partial charge in [-0.3, -0.25) is 0 Å². The van der Waals surface area contributed by atoms with E-state index in [1.165, 1.54) is 16.7 Å². The third-order valence-electron chi connectivity index (χ3n) is 3.33. The highest BCUT2D eigenvalue weighted by atomic mass is 14.6. The minimum atomic E-state index is 0.0537. The molecule has 2 rings (SSSR count). The number of hydrogen-bond donors (Lipinski definition) is 1. The molecule has 2 aromatic rings. The average Bonchev–Trinajstić information content (AvgIpc) is 2.39. The van der Waals surface area contributed by atoms with E-state index in [9.17, 15) is 0 Å². The monoisotopic (exact) mass is 225 g/mol. The van der Waals surface area contributed by atoms with Gasteiger partial charge < -0.3 is 5.73 Å². The average molecular weight is 225 g/mol. The Balaban J connectivity index is 2.20. The topological polar surface area (TPSA) is 26.0 Å². The molecule has 1 heteroatoms. The molecule has 0 aliphatic carbocycles.